The molecule has 13 nitrogen and oxygen atoms in total. The third kappa shape index (κ3) is 7.52. The van der Waals surface area contributed by atoms with E-state index in [4.69, 9.17) is 21.6 Å². The second-order valence-corrected chi connectivity index (χ2v) is 15.0. The molecule has 1 saturated carbocycles. The summed E-state index contributed by atoms with van der Waals surface area (Å²) in [5.41, 5.74) is 2.70. The molecule has 0 bridgehead atoms. The summed E-state index contributed by atoms with van der Waals surface area (Å²) in [5, 5.41) is 24.7. The first-order valence-electron chi connectivity index (χ1n) is 18.5. The molecule has 274 valence electrons. The highest BCUT2D eigenvalue weighted by atomic mass is 35.5. The number of piperidine rings is 1. The van der Waals surface area contributed by atoms with Gasteiger partial charge in [-0.1, -0.05) is 17.7 Å². The number of amides is 4. The van der Waals surface area contributed by atoms with Gasteiger partial charge >= 0.3 is 6.03 Å². The van der Waals surface area contributed by atoms with Crippen molar-refractivity contribution < 1.29 is 19.1 Å². The Morgan fingerprint density at radius 2 is 1.79 bits per heavy atom. The van der Waals surface area contributed by atoms with Crippen molar-refractivity contribution in [2.24, 2.45) is 5.92 Å². The number of nitriles is 1. The molecule has 0 unspecified atom stereocenters. The Morgan fingerprint density at radius 3 is 2.51 bits per heavy atom. The highest BCUT2D eigenvalue weighted by Gasteiger charge is 2.32. The van der Waals surface area contributed by atoms with Crippen LogP contribution in [0.3, 0.4) is 0 Å². The van der Waals surface area contributed by atoms with Gasteiger partial charge in [-0.25, -0.2) is 4.79 Å². The van der Waals surface area contributed by atoms with Crippen molar-refractivity contribution in [2.45, 2.75) is 63.1 Å². The smallest absolute Gasteiger partial charge is 0.328 e. The molecule has 1 aliphatic carbocycles. The summed E-state index contributed by atoms with van der Waals surface area (Å²) in [7, 11) is 0. The number of carbonyl (C=O) groups is 3. The molecule has 2 aromatic carbocycles. The quantitative estimate of drug-likeness (QED) is 0.234. The number of aromatic nitrogens is 3. The Bertz CT molecular complexity index is 2040. The van der Waals surface area contributed by atoms with Crippen molar-refractivity contribution in [3.05, 3.63) is 77.1 Å². The van der Waals surface area contributed by atoms with Gasteiger partial charge in [-0.2, -0.15) is 5.26 Å². The minimum Gasteiger partial charge on any atom is -0.490 e. The Balaban J connectivity index is 0.762. The Labute approximate surface area is 312 Å². The number of carbonyl (C=O) groups excluding carboxylic acids is 3. The van der Waals surface area contributed by atoms with Gasteiger partial charge in [0.05, 0.1) is 27.9 Å². The molecule has 5 heterocycles. The van der Waals surface area contributed by atoms with E-state index in [2.05, 4.69) is 59.6 Å². The van der Waals surface area contributed by atoms with E-state index in [1.807, 2.05) is 18.2 Å². The van der Waals surface area contributed by atoms with Gasteiger partial charge in [-0.3, -0.25) is 19.8 Å². The zero-order valence-electron chi connectivity index (χ0n) is 29.4. The van der Waals surface area contributed by atoms with Crippen LogP contribution in [0.5, 0.6) is 5.75 Å². The molecule has 2 aromatic heterocycles. The number of ether oxygens (including phenoxy) is 1. The van der Waals surface area contributed by atoms with Crippen LogP contribution in [0.4, 0.5) is 16.3 Å². The third-order valence-electron chi connectivity index (χ3n) is 11.1. The molecule has 8 rings (SSSR count). The van der Waals surface area contributed by atoms with Crippen LogP contribution in [-0.2, 0) is 4.79 Å². The zero-order chi connectivity index (χ0) is 36.5. The average Bonchev–Trinajstić information content (AvgIpc) is 3.59. The number of urea groups is 1. The summed E-state index contributed by atoms with van der Waals surface area (Å²) < 4.78 is 8.43. The number of likely N-dealkylation sites (tertiary alicyclic amines) is 1. The largest absolute Gasteiger partial charge is 0.490 e. The van der Waals surface area contributed by atoms with Gasteiger partial charge in [0.2, 0.25) is 5.91 Å². The van der Waals surface area contributed by atoms with Gasteiger partial charge in [0.15, 0.2) is 11.5 Å². The second kappa shape index (κ2) is 15.0. The van der Waals surface area contributed by atoms with Gasteiger partial charge in [0.1, 0.15) is 11.8 Å². The molecule has 3 saturated heterocycles. The summed E-state index contributed by atoms with van der Waals surface area (Å²) in [6.07, 6.45) is 7.80. The predicted octanol–water partition coefficient (Wildman–Crippen LogP) is 5.30. The summed E-state index contributed by atoms with van der Waals surface area (Å²) in [4.78, 5) is 43.6. The Kier molecular flexibility index (Phi) is 9.90. The lowest BCUT2D eigenvalue weighted by Gasteiger charge is -2.43. The molecule has 53 heavy (non-hydrogen) atoms. The number of hydrogen-bond acceptors (Lipinski definition) is 9. The van der Waals surface area contributed by atoms with Crippen molar-refractivity contribution in [3.63, 3.8) is 0 Å². The molecule has 14 heteroatoms. The fourth-order valence-electron chi connectivity index (χ4n) is 8.19. The minimum absolute atomic E-state index is 0.0337. The van der Waals surface area contributed by atoms with Gasteiger partial charge in [-0.05, 0) is 81.0 Å². The lowest BCUT2D eigenvalue weighted by molar-refractivity contribution is -0.120. The molecule has 4 amide bonds. The predicted molar refractivity (Wildman–Crippen MR) is 200 cm³/mol. The average molecular weight is 736 g/mol. The SMILES string of the molecule is N#Cc1ccc(O[C@H]2CC[C@H](NC(=O)c3ccc(N4CC(CN5CCC(n6ccc7c(N8CCC(=O)NC8=O)cccc76)CC5)C4)nn3)CC2)cc1Cl. The molecule has 3 aliphatic heterocycles. The van der Waals surface area contributed by atoms with Crippen molar-refractivity contribution in [2.75, 3.05) is 49.1 Å². The number of anilines is 2. The van der Waals surface area contributed by atoms with E-state index in [0.717, 1.165) is 93.7 Å². The van der Waals surface area contributed by atoms with E-state index in [9.17, 15) is 14.4 Å². The van der Waals surface area contributed by atoms with Gasteiger partial charge < -0.3 is 24.4 Å². The number of fused-ring (bicyclic) bond motifs is 1. The number of hydrogen-bond donors (Lipinski definition) is 2. The van der Waals surface area contributed by atoms with Crippen LogP contribution in [0.2, 0.25) is 5.02 Å². The summed E-state index contributed by atoms with van der Waals surface area (Å²) in [6.45, 7) is 5.33. The molecule has 0 spiro atoms. The lowest BCUT2D eigenvalue weighted by Crippen LogP contribution is -2.53. The minimum atomic E-state index is -0.359. The highest BCUT2D eigenvalue weighted by Crippen LogP contribution is 2.34. The van der Waals surface area contributed by atoms with Crippen molar-refractivity contribution in [1.82, 2.24) is 30.3 Å². The fourth-order valence-corrected chi connectivity index (χ4v) is 8.40. The first kappa shape index (κ1) is 34.9. The second-order valence-electron chi connectivity index (χ2n) is 14.6. The fraction of sp³-hybridized carbons (Fsp3) is 0.436. The maximum absolute atomic E-state index is 13.0. The van der Waals surface area contributed by atoms with Crippen molar-refractivity contribution in [1.29, 1.82) is 5.26 Å². The lowest BCUT2D eigenvalue weighted by atomic mass is 9.92. The van der Waals surface area contributed by atoms with Crippen LogP contribution in [0, 0.1) is 17.2 Å². The first-order chi connectivity index (χ1) is 25.8. The standard InChI is InChI=1S/C39H42ClN9O4/c40-32-20-30(7-4-26(32)21-41)53-29-8-5-27(6-9-29)42-38(51)33-10-11-36(45-44-33)47-23-25(24-47)22-46-16-12-28(13-17-46)48-18-14-31-34(48)2-1-3-35(31)49-19-15-37(50)43-39(49)52/h1-4,7,10-11,14,18,20,25,27-29H,5-6,8-9,12-13,15-17,19,22-24H2,(H,42,51)(H,43,50,52)/t27-,29-. The monoisotopic (exact) mass is 735 g/mol. The number of halogens is 1. The van der Waals surface area contributed by atoms with Crippen LogP contribution in [0.25, 0.3) is 10.9 Å². The molecular formula is C39H42ClN9O4. The van der Waals surface area contributed by atoms with Crippen LogP contribution in [-0.4, -0.2) is 88.9 Å². The summed E-state index contributed by atoms with van der Waals surface area (Å²) in [5.74, 6) is 1.56. The van der Waals surface area contributed by atoms with Crippen LogP contribution in [0.15, 0.2) is 60.8 Å². The van der Waals surface area contributed by atoms with Crippen LogP contribution < -0.4 is 25.2 Å². The third-order valence-corrected chi connectivity index (χ3v) is 11.4. The molecule has 4 aliphatic rings. The summed E-state index contributed by atoms with van der Waals surface area (Å²) >= 11 is 6.14. The van der Waals surface area contributed by atoms with E-state index in [1.165, 1.54) is 0 Å². The normalized spacial score (nSPS) is 21.6. The highest BCUT2D eigenvalue weighted by molar-refractivity contribution is 6.31. The van der Waals surface area contributed by atoms with E-state index in [1.54, 1.807) is 29.2 Å². The number of rotatable bonds is 9. The molecule has 4 fully saturated rings. The number of nitrogens with zero attached hydrogens (tertiary/aromatic N) is 7. The maximum Gasteiger partial charge on any atom is 0.328 e. The van der Waals surface area contributed by atoms with Crippen molar-refractivity contribution >= 4 is 51.9 Å². The van der Waals surface area contributed by atoms with Crippen LogP contribution in [0.1, 0.15) is 67.0 Å². The molecule has 0 atom stereocenters. The zero-order valence-corrected chi connectivity index (χ0v) is 30.2. The topological polar surface area (TPSA) is 149 Å². The first-order valence-corrected chi connectivity index (χ1v) is 18.9. The summed E-state index contributed by atoms with van der Waals surface area (Å²) in [6, 6.07) is 19.0. The van der Waals surface area contributed by atoms with E-state index >= 15 is 0 Å². The van der Waals surface area contributed by atoms with Gasteiger partial charge in [0.25, 0.3) is 5.91 Å². The molecule has 0 radical (unpaired) electrons. The molecule has 4 aromatic rings. The number of imide groups is 1. The van der Waals surface area contributed by atoms with E-state index in [-0.39, 0.29) is 30.0 Å². The maximum atomic E-state index is 13.0. The number of nitrogens with one attached hydrogen (secondary N) is 2. The Hall–Kier alpha value is -5.19. The van der Waals surface area contributed by atoms with Crippen molar-refractivity contribution in [3.8, 4) is 11.8 Å². The van der Waals surface area contributed by atoms with Gasteiger partial charge in [-0.15, -0.1) is 10.2 Å². The number of benzene rings is 2. The molecular weight excluding hydrogens is 694 g/mol. The molecule has 2 N–H and O–H groups in total. The van der Waals surface area contributed by atoms with Gasteiger partial charge in [0, 0.05) is 81.3 Å². The van der Waals surface area contributed by atoms with Crippen LogP contribution >= 0.6 is 11.6 Å². The van der Waals surface area contributed by atoms with E-state index < -0.39 is 0 Å². The van der Waals surface area contributed by atoms with E-state index in [0.29, 0.717) is 47.0 Å². The Morgan fingerprint density at radius 1 is 0.981 bits per heavy atom.